The number of nitrogens with one attached hydrogen (secondary N) is 2. The molecule has 35 heavy (non-hydrogen) atoms. The quantitative estimate of drug-likeness (QED) is 0.422. The van der Waals surface area contributed by atoms with Crippen molar-refractivity contribution < 1.29 is 22.4 Å². The number of hydrogen-bond donors (Lipinski definition) is 2. The number of hydrogen-bond acceptors (Lipinski definition) is 5. The van der Waals surface area contributed by atoms with Crippen molar-refractivity contribution in [3.63, 3.8) is 0 Å². The van der Waals surface area contributed by atoms with Crippen molar-refractivity contribution in [2.75, 3.05) is 11.4 Å². The van der Waals surface area contributed by atoms with E-state index in [2.05, 4.69) is 10.0 Å². The van der Waals surface area contributed by atoms with Gasteiger partial charge >= 0.3 is 0 Å². The number of aryl methyl sites for hydroxylation is 1. The molecule has 3 rings (SSSR count). The van der Waals surface area contributed by atoms with E-state index in [1.807, 2.05) is 32.9 Å². The molecule has 0 radical (unpaired) electrons. The smallest absolute Gasteiger partial charge is 0.243 e. The zero-order valence-corrected chi connectivity index (χ0v) is 20.9. The largest absolute Gasteiger partial charge is 0.467 e. The van der Waals surface area contributed by atoms with Crippen LogP contribution in [0.2, 0.25) is 0 Å². The van der Waals surface area contributed by atoms with Gasteiger partial charge in [-0.25, -0.2) is 13.1 Å². The molecule has 1 atom stereocenters. The molecule has 0 aliphatic carbocycles. The number of amides is 2. The number of nitrogens with zero attached hydrogens (tertiary/aromatic N) is 1. The second kappa shape index (κ2) is 11.8. The van der Waals surface area contributed by atoms with Crippen LogP contribution < -0.4 is 14.9 Å². The molecule has 0 aliphatic heterocycles. The highest BCUT2D eigenvalue weighted by Crippen LogP contribution is 2.23. The molecule has 1 heterocycles. The van der Waals surface area contributed by atoms with Gasteiger partial charge in [0.1, 0.15) is 11.8 Å². The van der Waals surface area contributed by atoms with Crippen molar-refractivity contribution in [3.8, 4) is 0 Å². The number of carbonyl (C=O) groups is 2. The average Bonchev–Trinajstić information content (AvgIpc) is 3.38. The van der Waals surface area contributed by atoms with Crippen LogP contribution in [0.5, 0.6) is 0 Å². The van der Waals surface area contributed by atoms with Gasteiger partial charge in [-0.15, -0.1) is 0 Å². The van der Waals surface area contributed by atoms with Gasteiger partial charge < -0.3 is 9.73 Å². The summed E-state index contributed by atoms with van der Waals surface area (Å²) in [7, 11) is -3.90. The molecular weight excluding hydrogens is 466 g/mol. The Balaban J connectivity index is 1.87. The first-order valence-corrected chi connectivity index (χ1v) is 13.0. The lowest BCUT2D eigenvalue weighted by molar-refractivity contribution is -0.127. The minimum Gasteiger partial charge on any atom is -0.467 e. The van der Waals surface area contributed by atoms with Gasteiger partial charge in [0.25, 0.3) is 0 Å². The Kier molecular flexibility index (Phi) is 8.84. The number of carbonyl (C=O) groups excluding carboxylic acids is 2. The minimum atomic E-state index is -3.90. The molecular formula is C26H31N3O5S. The van der Waals surface area contributed by atoms with E-state index in [0.29, 0.717) is 11.4 Å². The van der Waals surface area contributed by atoms with Gasteiger partial charge in [-0.05, 0) is 54.3 Å². The van der Waals surface area contributed by atoms with Gasteiger partial charge in [0.15, 0.2) is 0 Å². The van der Waals surface area contributed by atoms with Crippen molar-refractivity contribution in [1.82, 2.24) is 10.0 Å². The van der Waals surface area contributed by atoms with Gasteiger partial charge in [-0.1, -0.05) is 51.1 Å². The Morgan fingerprint density at radius 3 is 2.23 bits per heavy atom. The molecule has 0 aliphatic rings. The van der Waals surface area contributed by atoms with Crippen molar-refractivity contribution in [2.24, 2.45) is 5.92 Å². The lowest BCUT2D eigenvalue weighted by Crippen LogP contribution is -2.54. The Labute approximate surface area is 206 Å². The third kappa shape index (κ3) is 6.80. The lowest BCUT2D eigenvalue weighted by atomic mass is 9.99. The average molecular weight is 498 g/mol. The number of furan rings is 1. The molecule has 3 aromatic rings. The Hall–Kier alpha value is -3.43. The number of anilines is 1. The standard InChI is InChI=1S/C26H31N3O5S/c1-4-20-12-14-21(15-13-20)29(24(30)18-28-35(32,33)23-10-6-5-7-11-23)25(19(2)3)26(31)27-17-22-9-8-16-34-22/h5-16,19,25,28H,4,17-18H2,1-3H3,(H,27,31). The van der Waals surface area contributed by atoms with Gasteiger partial charge in [0.2, 0.25) is 21.8 Å². The summed E-state index contributed by atoms with van der Waals surface area (Å²) in [5, 5.41) is 2.83. The van der Waals surface area contributed by atoms with E-state index in [1.54, 1.807) is 42.5 Å². The molecule has 0 fully saturated rings. The molecule has 2 amide bonds. The molecule has 1 aromatic heterocycles. The molecule has 2 N–H and O–H groups in total. The van der Waals surface area contributed by atoms with Crippen LogP contribution in [-0.4, -0.2) is 32.8 Å². The fourth-order valence-electron chi connectivity index (χ4n) is 3.69. The van der Waals surface area contributed by atoms with E-state index in [1.165, 1.54) is 23.3 Å². The van der Waals surface area contributed by atoms with Crippen molar-refractivity contribution >= 4 is 27.5 Å². The van der Waals surface area contributed by atoms with Gasteiger partial charge in [-0.3, -0.25) is 14.5 Å². The van der Waals surface area contributed by atoms with Crippen LogP contribution in [0.25, 0.3) is 0 Å². The van der Waals surface area contributed by atoms with Crippen LogP contribution >= 0.6 is 0 Å². The fraction of sp³-hybridized carbons (Fsp3) is 0.308. The summed E-state index contributed by atoms with van der Waals surface area (Å²) in [6, 6.07) is 17.8. The van der Waals surface area contributed by atoms with Crippen LogP contribution in [0.15, 0.2) is 82.3 Å². The third-order valence-electron chi connectivity index (χ3n) is 5.55. The molecule has 1 unspecified atom stereocenters. The SMILES string of the molecule is CCc1ccc(N(C(=O)CNS(=O)(=O)c2ccccc2)C(C(=O)NCc2ccco2)C(C)C)cc1. The summed E-state index contributed by atoms with van der Waals surface area (Å²) in [5.41, 5.74) is 1.59. The Bertz CT molecular complexity index is 1210. The summed E-state index contributed by atoms with van der Waals surface area (Å²) in [5.74, 6) is -0.579. The number of benzene rings is 2. The van der Waals surface area contributed by atoms with E-state index in [4.69, 9.17) is 4.42 Å². The maximum atomic E-state index is 13.5. The van der Waals surface area contributed by atoms with E-state index in [9.17, 15) is 18.0 Å². The normalized spacial score (nSPS) is 12.3. The summed E-state index contributed by atoms with van der Waals surface area (Å²) < 4.78 is 33.0. The molecule has 8 nitrogen and oxygen atoms in total. The van der Waals surface area contributed by atoms with Gasteiger partial charge in [0.05, 0.1) is 24.2 Å². The maximum absolute atomic E-state index is 13.5. The van der Waals surface area contributed by atoms with Crippen molar-refractivity contribution in [1.29, 1.82) is 0 Å². The van der Waals surface area contributed by atoms with Crippen LogP contribution in [0, 0.1) is 5.92 Å². The second-order valence-corrected chi connectivity index (χ2v) is 10.2. The Morgan fingerprint density at radius 1 is 0.971 bits per heavy atom. The van der Waals surface area contributed by atoms with Crippen molar-refractivity contribution in [3.05, 3.63) is 84.3 Å². The molecule has 0 saturated heterocycles. The predicted octanol–water partition coefficient (Wildman–Crippen LogP) is 3.49. The molecule has 0 bridgehead atoms. The van der Waals surface area contributed by atoms with E-state index in [0.717, 1.165) is 12.0 Å². The second-order valence-electron chi connectivity index (χ2n) is 8.41. The molecule has 0 saturated carbocycles. The van der Waals surface area contributed by atoms with Crippen LogP contribution in [0.4, 0.5) is 5.69 Å². The van der Waals surface area contributed by atoms with Gasteiger partial charge in [0, 0.05) is 5.69 Å². The summed E-state index contributed by atoms with van der Waals surface area (Å²) in [6.07, 6.45) is 2.34. The van der Waals surface area contributed by atoms with Crippen LogP contribution in [0.3, 0.4) is 0 Å². The zero-order chi connectivity index (χ0) is 25.4. The highest BCUT2D eigenvalue weighted by molar-refractivity contribution is 7.89. The first kappa shape index (κ1) is 26.2. The van der Waals surface area contributed by atoms with Crippen LogP contribution in [0.1, 0.15) is 32.1 Å². The highest BCUT2D eigenvalue weighted by atomic mass is 32.2. The first-order chi connectivity index (χ1) is 16.7. The summed E-state index contributed by atoms with van der Waals surface area (Å²) >= 11 is 0. The van der Waals surface area contributed by atoms with E-state index in [-0.39, 0.29) is 23.3 Å². The zero-order valence-electron chi connectivity index (χ0n) is 20.1. The maximum Gasteiger partial charge on any atom is 0.243 e. The fourth-order valence-corrected chi connectivity index (χ4v) is 4.68. The summed E-state index contributed by atoms with van der Waals surface area (Å²) in [6.45, 7) is 5.38. The number of sulfonamides is 1. The highest BCUT2D eigenvalue weighted by Gasteiger charge is 2.34. The topological polar surface area (TPSA) is 109 Å². The van der Waals surface area contributed by atoms with Gasteiger partial charge in [-0.2, -0.15) is 0 Å². The lowest BCUT2D eigenvalue weighted by Gasteiger charge is -2.33. The molecule has 0 spiro atoms. The molecule has 2 aromatic carbocycles. The Morgan fingerprint density at radius 2 is 1.66 bits per heavy atom. The summed E-state index contributed by atoms with van der Waals surface area (Å²) in [4.78, 5) is 28.1. The number of rotatable bonds is 11. The van der Waals surface area contributed by atoms with Crippen molar-refractivity contribution in [2.45, 2.75) is 44.7 Å². The van der Waals surface area contributed by atoms with E-state index < -0.39 is 28.5 Å². The molecule has 9 heteroatoms. The predicted molar refractivity (Wildman–Crippen MR) is 134 cm³/mol. The van der Waals surface area contributed by atoms with Crippen LogP contribution in [-0.2, 0) is 32.6 Å². The first-order valence-electron chi connectivity index (χ1n) is 11.5. The minimum absolute atomic E-state index is 0.0586. The molecule has 186 valence electrons. The van der Waals surface area contributed by atoms with E-state index >= 15 is 0 Å². The monoisotopic (exact) mass is 497 g/mol. The third-order valence-corrected chi connectivity index (χ3v) is 6.97.